The lowest BCUT2D eigenvalue weighted by Crippen LogP contribution is -1.56. The molecule has 0 heterocycles. The van der Waals surface area contributed by atoms with Gasteiger partial charge in [-0.2, -0.15) is 0 Å². The van der Waals surface area contributed by atoms with Crippen LogP contribution in [-0.4, -0.2) is 18.2 Å². The van der Waals surface area contributed by atoms with Gasteiger partial charge in [0.05, 0.1) is 0 Å². The predicted octanol–water partition coefficient (Wildman–Crippen LogP) is 1.34. The molecule has 1 aromatic carbocycles. The van der Waals surface area contributed by atoms with Crippen molar-refractivity contribution in [2.75, 3.05) is 7.05 Å². The molecule has 1 N–H and O–H groups in total. The molecule has 0 unspecified atom stereocenters. The number of phenols is 1. The number of aliphatic imine (C=N–C) groups is 1. The van der Waals surface area contributed by atoms with Crippen LogP contribution < -0.4 is 0 Å². The zero-order valence-electron chi connectivity index (χ0n) is 6.19. The van der Waals surface area contributed by atoms with E-state index < -0.39 is 0 Å². The van der Waals surface area contributed by atoms with Crippen LogP contribution in [0.25, 0.3) is 0 Å². The molecule has 0 fully saturated rings. The van der Waals surface area contributed by atoms with Gasteiger partial charge in [0.2, 0.25) is 6.08 Å². The molecule has 3 nitrogen and oxygen atoms in total. The van der Waals surface area contributed by atoms with E-state index in [4.69, 9.17) is 9.90 Å². The van der Waals surface area contributed by atoms with Crippen molar-refractivity contribution in [1.29, 1.82) is 0 Å². The fraction of sp³-hybridized carbons (Fsp3) is 0.125. The van der Waals surface area contributed by atoms with Crippen LogP contribution in [0, 0.1) is 0 Å². The van der Waals surface area contributed by atoms with Crippen molar-refractivity contribution in [3.8, 4) is 5.75 Å². The quantitative estimate of drug-likeness (QED) is 0.449. The maximum Gasteiger partial charge on any atom is 0.234 e. The van der Waals surface area contributed by atoms with E-state index in [-0.39, 0.29) is 0 Å². The number of carbonyl (C=O) groups excluding carboxylic acids is 1. The van der Waals surface area contributed by atoms with Gasteiger partial charge in [0, 0.05) is 7.05 Å². The average molecular weight is 151 g/mol. The molecule has 3 heteroatoms. The van der Waals surface area contributed by atoms with Crippen molar-refractivity contribution in [2.45, 2.75) is 0 Å². The van der Waals surface area contributed by atoms with E-state index >= 15 is 0 Å². The minimum absolute atomic E-state index is 0.322. The van der Waals surface area contributed by atoms with Crippen LogP contribution in [0.3, 0.4) is 0 Å². The van der Waals surface area contributed by atoms with Gasteiger partial charge in [-0.25, -0.2) is 9.79 Å². The molecule has 0 aromatic heterocycles. The van der Waals surface area contributed by atoms with E-state index in [9.17, 15) is 0 Å². The smallest absolute Gasteiger partial charge is 0.234 e. The number of hydrogen-bond acceptors (Lipinski definition) is 3. The van der Waals surface area contributed by atoms with Crippen LogP contribution in [-0.2, 0) is 4.79 Å². The summed E-state index contributed by atoms with van der Waals surface area (Å²) in [7, 11) is 1.38. The van der Waals surface area contributed by atoms with Gasteiger partial charge in [0.1, 0.15) is 5.75 Å². The standard InChI is InChI=1S/C6H6O.C2H3NO/c7-6-4-2-1-3-5-6;1-3-2-4/h1-5,7H;1H3. The summed E-state index contributed by atoms with van der Waals surface area (Å²) in [5.74, 6) is 0.322. The van der Waals surface area contributed by atoms with Gasteiger partial charge >= 0.3 is 0 Å². The van der Waals surface area contributed by atoms with E-state index in [0.717, 1.165) is 0 Å². The summed E-state index contributed by atoms with van der Waals surface area (Å²) in [6.45, 7) is 0. The second kappa shape index (κ2) is 6.52. The molecule has 0 radical (unpaired) electrons. The summed E-state index contributed by atoms with van der Waals surface area (Å²) in [6.07, 6.45) is 1.31. The van der Waals surface area contributed by atoms with E-state index in [1.807, 2.05) is 6.07 Å². The number of para-hydroxylation sites is 1. The number of hydrogen-bond donors (Lipinski definition) is 1. The summed E-state index contributed by atoms with van der Waals surface area (Å²) in [4.78, 5) is 11.8. The van der Waals surface area contributed by atoms with Crippen molar-refractivity contribution in [1.82, 2.24) is 0 Å². The summed E-state index contributed by atoms with van der Waals surface area (Å²) < 4.78 is 0. The highest BCUT2D eigenvalue weighted by molar-refractivity contribution is 5.32. The Hall–Kier alpha value is -1.60. The monoisotopic (exact) mass is 151 g/mol. The molecule has 0 aliphatic rings. The second-order valence-corrected chi connectivity index (χ2v) is 1.65. The fourth-order valence-electron chi connectivity index (χ4n) is 0.428. The summed E-state index contributed by atoms with van der Waals surface area (Å²) in [5.41, 5.74) is 0. The highest BCUT2D eigenvalue weighted by atomic mass is 16.3. The number of phenolic OH excluding ortho intramolecular Hbond substituents is 1. The SMILES string of the molecule is CN=C=O.Oc1ccccc1. The van der Waals surface area contributed by atoms with Gasteiger partial charge in [-0.3, -0.25) is 0 Å². The van der Waals surface area contributed by atoms with Crippen molar-refractivity contribution >= 4 is 6.08 Å². The zero-order chi connectivity index (χ0) is 8.53. The van der Waals surface area contributed by atoms with Crippen molar-refractivity contribution < 1.29 is 9.90 Å². The minimum atomic E-state index is 0.322. The van der Waals surface area contributed by atoms with Crippen LogP contribution in [0.2, 0.25) is 0 Å². The van der Waals surface area contributed by atoms with Crippen LogP contribution in [0.4, 0.5) is 0 Å². The van der Waals surface area contributed by atoms with Gasteiger partial charge in [0.15, 0.2) is 0 Å². The third-order valence-electron chi connectivity index (χ3n) is 0.847. The Labute approximate surface area is 65.0 Å². The first kappa shape index (κ1) is 9.40. The lowest BCUT2D eigenvalue weighted by molar-refractivity contribution is 0.475. The number of aromatic hydroxyl groups is 1. The number of benzene rings is 1. The Morgan fingerprint density at radius 3 is 2.00 bits per heavy atom. The first-order valence-electron chi connectivity index (χ1n) is 3.01. The van der Waals surface area contributed by atoms with E-state index in [0.29, 0.717) is 5.75 Å². The van der Waals surface area contributed by atoms with Crippen LogP contribution >= 0.6 is 0 Å². The van der Waals surface area contributed by atoms with Gasteiger partial charge in [-0.1, -0.05) is 18.2 Å². The molecule has 0 saturated heterocycles. The maximum atomic E-state index is 8.88. The van der Waals surface area contributed by atoms with Crippen molar-refractivity contribution in [3.63, 3.8) is 0 Å². The topological polar surface area (TPSA) is 49.7 Å². The highest BCUT2D eigenvalue weighted by Crippen LogP contribution is 2.02. The third-order valence-corrected chi connectivity index (χ3v) is 0.847. The first-order valence-corrected chi connectivity index (χ1v) is 3.01. The lowest BCUT2D eigenvalue weighted by atomic mass is 10.3. The molecule has 0 aliphatic carbocycles. The molecular formula is C8H9NO2. The Morgan fingerprint density at radius 2 is 1.82 bits per heavy atom. The van der Waals surface area contributed by atoms with E-state index in [2.05, 4.69) is 4.99 Å². The lowest BCUT2D eigenvalue weighted by Gasteiger charge is -1.82. The minimum Gasteiger partial charge on any atom is -0.508 e. The predicted molar refractivity (Wildman–Crippen MR) is 42.2 cm³/mol. The molecule has 1 aromatic rings. The van der Waals surface area contributed by atoms with Crippen LogP contribution in [0.15, 0.2) is 35.3 Å². The maximum absolute atomic E-state index is 8.88. The Bertz CT molecular complexity index is 227. The molecule has 0 atom stereocenters. The second-order valence-electron chi connectivity index (χ2n) is 1.65. The first-order chi connectivity index (χ1) is 5.31. The molecule has 0 saturated carbocycles. The number of nitrogens with zero attached hydrogens (tertiary/aromatic N) is 1. The summed E-state index contributed by atoms with van der Waals surface area (Å²) in [6, 6.07) is 8.71. The largest absolute Gasteiger partial charge is 0.508 e. The zero-order valence-corrected chi connectivity index (χ0v) is 6.19. The molecule has 0 bridgehead atoms. The van der Waals surface area contributed by atoms with Gasteiger partial charge in [0.25, 0.3) is 0 Å². The van der Waals surface area contributed by atoms with Gasteiger partial charge in [-0.05, 0) is 12.1 Å². The molecular weight excluding hydrogens is 142 g/mol. The summed E-state index contributed by atoms with van der Waals surface area (Å²) >= 11 is 0. The Morgan fingerprint density at radius 1 is 1.36 bits per heavy atom. The normalized spacial score (nSPS) is 7.00. The third kappa shape index (κ3) is 6.28. The van der Waals surface area contributed by atoms with Crippen LogP contribution in [0.1, 0.15) is 0 Å². The molecule has 1 rings (SSSR count). The van der Waals surface area contributed by atoms with Gasteiger partial charge < -0.3 is 5.11 Å². The number of rotatable bonds is 0. The average Bonchev–Trinajstić information content (AvgIpc) is 2.07. The number of isocyanates is 1. The molecule has 58 valence electrons. The Kier molecular flexibility index (Phi) is 5.57. The summed E-state index contributed by atoms with van der Waals surface area (Å²) in [5, 5.41) is 8.63. The molecule has 0 spiro atoms. The van der Waals surface area contributed by atoms with Crippen LogP contribution in [0.5, 0.6) is 5.75 Å². The molecule has 11 heavy (non-hydrogen) atoms. The Balaban J connectivity index is 0.000000218. The van der Waals surface area contributed by atoms with Crippen molar-refractivity contribution in [2.24, 2.45) is 4.99 Å². The fourth-order valence-corrected chi connectivity index (χ4v) is 0.428. The molecule has 0 amide bonds. The van der Waals surface area contributed by atoms with E-state index in [1.54, 1.807) is 24.3 Å². The van der Waals surface area contributed by atoms with Crippen molar-refractivity contribution in [3.05, 3.63) is 30.3 Å². The van der Waals surface area contributed by atoms with E-state index in [1.165, 1.54) is 13.1 Å². The van der Waals surface area contributed by atoms with Gasteiger partial charge in [-0.15, -0.1) is 0 Å². The molecule has 0 aliphatic heterocycles. The highest BCUT2D eigenvalue weighted by Gasteiger charge is 1.74.